The molecule has 0 aliphatic heterocycles. The molecule has 0 bridgehead atoms. The van der Waals surface area contributed by atoms with Crippen molar-refractivity contribution in [1.82, 2.24) is 9.55 Å². The molecule has 1 aromatic heterocycles. The SMILES string of the molecule is CCCCCCCn1cc(S(=O)(=O)Cl)nc1C. The van der Waals surface area contributed by atoms with Crippen molar-refractivity contribution in [1.29, 1.82) is 0 Å². The van der Waals surface area contributed by atoms with E-state index in [1.165, 1.54) is 25.5 Å². The van der Waals surface area contributed by atoms with Crippen LogP contribution in [0.3, 0.4) is 0 Å². The highest BCUT2D eigenvalue weighted by Gasteiger charge is 2.15. The van der Waals surface area contributed by atoms with Gasteiger partial charge in [0, 0.05) is 23.4 Å². The minimum absolute atomic E-state index is 0.0507. The molecular formula is C11H19ClN2O2S. The van der Waals surface area contributed by atoms with E-state index in [9.17, 15) is 8.42 Å². The molecule has 0 unspecified atom stereocenters. The lowest BCUT2D eigenvalue weighted by molar-refractivity contribution is 0.560. The van der Waals surface area contributed by atoms with E-state index in [1.54, 1.807) is 6.92 Å². The average molecular weight is 279 g/mol. The molecule has 6 heteroatoms. The number of nitrogens with zero attached hydrogens (tertiary/aromatic N) is 2. The molecule has 0 spiro atoms. The van der Waals surface area contributed by atoms with Gasteiger partial charge in [0.25, 0.3) is 9.05 Å². The lowest BCUT2D eigenvalue weighted by Crippen LogP contribution is -1.98. The summed E-state index contributed by atoms with van der Waals surface area (Å²) in [6, 6.07) is 0. The molecule has 1 aromatic rings. The van der Waals surface area contributed by atoms with Crippen LogP contribution in [0.4, 0.5) is 0 Å². The van der Waals surface area contributed by atoms with Crippen molar-refractivity contribution < 1.29 is 8.42 Å². The van der Waals surface area contributed by atoms with E-state index in [2.05, 4.69) is 11.9 Å². The topological polar surface area (TPSA) is 52.0 Å². The summed E-state index contributed by atoms with van der Waals surface area (Å²) in [6.07, 6.45) is 7.42. The monoisotopic (exact) mass is 278 g/mol. The number of rotatable bonds is 7. The highest BCUT2D eigenvalue weighted by atomic mass is 35.7. The van der Waals surface area contributed by atoms with Gasteiger partial charge in [0.1, 0.15) is 5.82 Å². The molecule has 4 nitrogen and oxygen atoms in total. The quantitative estimate of drug-likeness (QED) is 0.569. The summed E-state index contributed by atoms with van der Waals surface area (Å²) < 4.78 is 24.1. The van der Waals surface area contributed by atoms with Gasteiger partial charge in [-0.25, -0.2) is 13.4 Å². The van der Waals surface area contributed by atoms with Gasteiger partial charge in [-0.1, -0.05) is 32.6 Å². The Kier molecular flexibility index (Phi) is 5.46. The Hall–Kier alpha value is -0.550. The standard InChI is InChI=1S/C11H19ClN2O2S/c1-3-4-5-6-7-8-14-9-11(13-10(14)2)17(12,15)16/h9H,3-8H2,1-2H3. The highest BCUT2D eigenvalue weighted by molar-refractivity contribution is 8.13. The fraction of sp³-hybridized carbons (Fsp3) is 0.727. The summed E-state index contributed by atoms with van der Waals surface area (Å²) in [5.74, 6) is 0.694. The van der Waals surface area contributed by atoms with Crippen LogP contribution in [0, 0.1) is 6.92 Å². The number of hydrogen-bond donors (Lipinski definition) is 0. The third-order valence-corrected chi connectivity index (χ3v) is 3.88. The van der Waals surface area contributed by atoms with Gasteiger partial charge in [-0.3, -0.25) is 0 Å². The molecule has 0 aliphatic rings. The van der Waals surface area contributed by atoms with E-state index in [0.717, 1.165) is 19.4 Å². The minimum atomic E-state index is -3.70. The van der Waals surface area contributed by atoms with Gasteiger partial charge < -0.3 is 4.57 Å². The Labute approximate surface area is 107 Å². The zero-order valence-corrected chi connectivity index (χ0v) is 11.9. The maximum absolute atomic E-state index is 11.1. The molecule has 0 N–H and O–H groups in total. The van der Waals surface area contributed by atoms with E-state index < -0.39 is 9.05 Å². The smallest absolute Gasteiger partial charge is 0.280 e. The van der Waals surface area contributed by atoms with Gasteiger partial charge in [-0.2, -0.15) is 0 Å². The zero-order chi connectivity index (χ0) is 12.9. The van der Waals surface area contributed by atoms with Gasteiger partial charge in [-0.05, 0) is 13.3 Å². The molecule has 98 valence electrons. The Morgan fingerprint density at radius 3 is 2.47 bits per heavy atom. The third-order valence-electron chi connectivity index (χ3n) is 2.71. The largest absolute Gasteiger partial charge is 0.334 e. The number of aryl methyl sites for hydroxylation is 2. The molecular weight excluding hydrogens is 260 g/mol. The summed E-state index contributed by atoms with van der Waals surface area (Å²) in [6.45, 7) is 4.77. The molecule has 17 heavy (non-hydrogen) atoms. The Morgan fingerprint density at radius 2 is 1.94 bits per heavy atom. The molecule has 0 saturated carbocycles. The first-order valence-corrected chi connectivity index (χ1v) is 8.24. The van der Waals surface area contributed by atoms with Crippen LogP contribution in [0.2, 0.25) is 0 Å². The summed E-state index contributed by atoms with van der Waals surface area (Å²) in [7, 11) is 1.54. The van der Waals surface area contributed by atoms with Crippen LogP contribution in [0.1, 0.15) is 44.9 Å². The van der Waals surface area contributed by atoms with Gasteiger partial charge in [0.15, 0.2) is 5.03 Å². The fourth-order valence-electron chi connectivity index (χ4n) is 1.71. The van der Waals surface area contributed by atoms with E-state index in [4.69, 9.17) is 10.7 Å². The Balaban J connectivity index is 2.52. The van der Waals surface area contributed by atoms with E-state index in [0.29, 0.717) is 5.82 Å². The third kappa shape index (κ3) is 4.68. The summed E-state index contributed by atoms with van der Waals surface area (Å²) in [5.41, 5.74) is 0. The van der Waals surface area contributed by atoms with E-state index in [1.807, 2.05) is 4.57 Å². The van der Waals surface area contributed by atoms with E-state index >= 15 is 0 Å². The van der Waals surface area contributed by atoms with Crippen LogP contribution in [-0.4, -0.2) is 18.0 Å². The van der Waals surface area contributed by atoms with Crippen LogP contribution < -0.4 is 0 Å². The van der Waals surface area contributed by atoms with Crippen LogP contribution in [0.5, 0.6) is 0 Å². The number of aromatic nitrogens is 2. The van der Waals surface area contributed by atoms with Gasteiger partial charge in [0.2, 0.25) is 0 Å². The van der Waals surface area contributed by atoms with Crippen molar-refractivity contribution in [3.05, 3.63) is 12.0 Å². The molecule has 1 heterocycles. The van der Waals surface area contributed by atoms with Crippen molar-refractivity contribution in [3.63, 3.8) is 0 Å². The van der Waals surface area contributed by atoms with Crippen molar-refractivity contribution >= 4 is 19.7 Å². The molecule has 0 fully saturated rings. The first kappa shape index (κ1) is 14.5. The lowest BCUT2D eigenvalue weighted by atomic mass is 10.1. The van der Waals surface area contributed by atoms with Crippen LogP contribution in [0.25, 0.3) is 0 Å². The molecule has 0 aromatic carbocycles. The summed E-state index contributed by atoms with van der Waals surface area (Å²) in [5, 5.41) is -0.0507. The van der Waals surface area contributed by atoms with Gasteiger partial charge in [0.05, 0.1) is 0 Å². The van der Waals surface area contributed by atoms with E-state index in [-0.39, 0.29) is 5.03 Å². The maximum atomic E-state index is 11.1. The highest BCUT2D eigenvalue weighted by Crippen LogP contribution is 2.15. The normalized spacial score (nSPS) is 11.9. The second kappa shape index (κ2) is 6.40. The fourth-order valence-corrected chi connectivity index (χ4v) is 2.43. The zero-order valence-electron chi connectivity index (χ0n) is 10.3. The predicted molar refractivity (Wildman–Crippen MR) is 68.8 cm³/mol. The Morgan fingerprint density at radius 1 is 1.29 bits per heavy atom. The van der Waals surface area contributed by atoms with Crippen LogP contribution in [0.15, 0.2) is 11.2 Å². The van der Waals surface area contributed by atoms with Crippen molar-refractivity contribution in [2.75, 3.05) is 0 Å². The van der Waals surface area contributed by atoms with Crippen LogP contribution >= 0.6 is 10.7 Å². The maximum Gasteiger partial charge on any atom is 0.280 e. The lowest BCUT2D eigenvalue weighted by Gasteiger charge is -2.03. The molecule has 0 aliphatic carbocycles. The first-order chi connectivity index (χ1) is 7.95. The second-order valence-electron chi connectivity index (χ2n) is 4.17. The second-order valence-corrected chi connectivity index (χ2v) is 6.68. The average Bonchev–Trinajstić information content (AvgIpc) is 2.60. The molecule has 0 radical (unpaired) electrons. The number of halogens is 1. The molecule has 0 saturated heterocycles. The molecule has 1 rings (SSSR count). The first-order valence-electron chi connectivity index (χ1n) is 5.93. The van der Waals surface area contributed by atoms with Crippen molar-refractivity contribution in [3.8, 4) is 0 Å². The summed E-state index contributed by atoms with van der Waals surface area (Å²) >= 11 is 0. The van der Waals surface area contributed by atoms with Gasteiger partial charge >= 0.3 is 0 Å². The van der Waals surface area contributed by atoms with Crippen LogP contribution in [-0.2, 0) is 15.6 Å². The molecule has 0 atom stereocenters. The molecule has 0 amide bonds. The summed E-state index contributed by atoms with van der Waals surface area (Å²) in [4.78, 5) is 3.94. The van der Waals surface area contributed by atoms with Gasteiger partial charge in [-0.15, -0.1) is 0 Å². The number of unbranched alkanes of at least 4 members (excludes halogenated alkanes) is 4. The van der Waals surface area contributed by atoms with Crippen molar-refractivity contribution in [2.45, 2.75) is 57.5 Å². The minimum Gasteiger partial charge on any atom is -0.334 e. The Bertz CT molecular complexity index is 454. The number of hydrogen-bond acceptors (Lipinski definition) is 3. The number of imidazole rings is 1. The predicted octanol–water partition coefficient (Wildman–Crippen LogP) is 3.09. The van der Waals surface area contributed by atoms with Crippen molar-refractivity contribution in [2.24, 2.45) is 0 Å².